The largest absolute Gasteiger partial charge is 0.294 e. The molecular weight excluding hydrogens is 741 g/mol. The van der Waals surface area contributed by atoms with Crippen molar-refractivity contribution >= 4 is 55.9 Å². The average Bonchev–Trinajstić information content (AvgIpc) is 3.55. The lowest BCUT2D eigenvalue weighted by Crippen LogP contribution is -2.17. The molecule has 61 heavy (non-hydrogen) atoms. The lowest BCUT2D eigenvalue weighted by Gasteiger charge is -2.33. The van der Waals surface area contributed by atoms with Gasteiger partial charge in [-0.1, -0.05) is 159 Å². The van der Waals surface area contributed by atoms with Crippen molar-refractivity contribution in [1.82, 2.24) is 9.97 Å². The fourth-order valence-corrected chi connectivity index (χ4v) is 9.44. The van der Waals surface area contributed by atoms with Crippen LogP contribution in [-0.4, -0.2) is 9.97 Å². The fraction of sp³-hybridized carbons (Fsp3) is 0.0526. The van der Waals surface area contributed by atoms with E-state index in [-0.39, 0.29) is 5.41 Å². The van der Waals surface area contributed by atoms with E-state index in [1.165, 1.54) is 22.3 Å². The molecule has 4 nitrogen and oxygen atoms in total. The van der Waals surface area contributed by atoms with Gasteiger partial charge in [0.2, 0.25) is 0 Å². The highest BCUT2D eigenvalue weighted by Crippen LogP contribution is 2.56. The van der Waals surface area contributed by atoms with E-state index in [0.717, 1.165) is 78.2 Å². The minimum Gasteiger partial charge on any atom is -0.294 e. The lowest BCUT2D eigenvalue weighted by atomic mass is 9.81. The maximum Gasteiger partial charge on any atom is 0.137 e. The summed E-state index contributed by atoms with van der Waals surface area (Å²) >= 11 is 0. The Kier molecular flexibility index (Phi) is 8.79. The van der Waals surface area contributed by atoms with Crippen molar-refractivity contribution in [3.8, 4) is 33.4 Å². The van der Waals surface area contributed by atoms with Gasteiger partial charge in [-0.25, -0.2) is 9.97 Å². The summed E-state index contributed by atoms with van der Waals surface area (Å²) < 4.78 is 0. The second-order valence-corrected chi connectivity index (χ2v) is 16.2. The van der Waals surface area contributed by atoms with Gasteiger partial charge < -0.3 is 0 Å². The fourth-order valence-electron chi connectivity index (χ4n) is 9.44. The number of aromatic nitrogens is 2. The zero-order valence-electron chi connectivity index (χ0n) is 34.1. The first kappa shape index (κ1) is 36.3. The summed E-state index contributed by atoms with van der Waals surface area (Å²) in [5.74, 6) is 1.68. The molecule has 0 saturated carbocycles. The van der Waals surface area contributed by atoms with Crippen molar-refractivity contribution < 1.29 is 0 Å². The van der Waals surface area contributed by atoms with Gasteiger partial charge in [-0.05, 0) is 105 Å². The van der Waals surface area contributed by atoms with Gasteiger partial charge >= 0.3 is 0 Å². The highest BCUT2D eigenvalue weighted by atomic mass is 15.2. The van der Waals surface area contributed by atoms with Crippen LogP contribution in [0.1, 0.15) is 25.0 Å². The summed E-state index contributed by atoms with van der Waals surface area (Å²) in [5, 5.41) is 4.46. The standard InChI is InChI=1S/C57H42N4/c1-57(2)51-30-12-11-27-45(51)48-37-49-50(38-52(48)57)56(61(54-32-14-16-34-59-54)44-26-18-24-42(36-44)40-21-7-4-8-22-40)47-29-10-9-28-46(47)55(49)60(53-31-13-15-33-58-53)43-25-17-23-41(35-43)39-19-5-3-6-20-39/h3-38H,1-2H3. The molecule has 0 spiro atoms. The van der Waals surface area contributed by atoms with Crippen molar-refractivity contribution in [1.29, 1.82) is 0 Å². The first-order valence-electron chi connectivity index (χ1n) is 20.9. The first-order valence-corrected chi connectivity index (χ1v) is 20.9. The van der Waals surface area contributed by atoms with Gasteiger partial charge in [-0.15, -0.1) is 0 Å². The molecule has 0 bridgehead atoms. The molecule has 0 aliphatic heterocycles. The Hall–Kier alpha value is -7.82. The predicted octanol–water partition coefficient (Wildman–Crippen LogP) is 15.4. The van der Waals surface area contributed by atoms with E-state index in [1.807, 2.05) is 24.5 Å². The molecule has 0 saturated heterocycles. The van der Waals surface area contributed by atoms with Crippen molar-refractivity contribution in [2.75, 3.05) is 9.80 Å². The highest BCUT2D eigenvalue weighted by Gasteiger charge is 2.37. The Morgan fingerprint density at radius 2 is 0.803 bits per heavy atom. The van der Waals surface area contributed by atoms with Crippen LogP contribution in [0, 0.1) is 0 Å². The average molecular weight is 783 g/mol. The monoisotopic (exact) mass is 782 g/mol. The molecule has 0 unspecified atom stereocenters. The van der Waals surface area contributed by atoms with E-state index in [0.29, 0.717) is 0 Å². The Bertz CT molecular complexity index is 3220. The van der Waals surface area contributed by atoms with Gasteiger partial charge in [-0.2, -0.15) is 0 Å². The van der Waals surface area contributed by atoms with Crippen LogP contribution in [0.15, 0.2) is 219 Å². The Labute approximate surface area is 356 Å². The molecule has 0 amide bonds. The van der Waals surface area contributed by atoms with Crippen molar-refractivity contribution in [2.45, 2.75) is 19.3 Å². The van der Waals surface area contributed by atoms with Gasteiger partial charge in [0.25, 0.3) is 0 Å². The molecule has 10 aromatic rings. The number of hydrogen-bond donors (Lipinski definition) is 0. The van der Waals surface area contributed by atoms with E-state index < -0.39 is 0 Å². The minimum absolute atomic E-state index is 0.225. The van der Waals surface area contributed by atoms with Crippen LogP contribution in [0.2, 0.25) is 0 Å². The molecule has 0 fully saturated rings. The molecule has 0 atom stereocenters. The molecule has 1 aliphatic carbocycles. The quantitative estimate of drug-likeness (QED) is 0.113. The molecule has 0 radical (unpaired) electrons. The number of pyridine rings is 2. The Morgan fingerprint density at radius 1 is 0.344 bits per heavy atom. The lowest BCUT2D eigenvalue weighted by molar-refractivity contribution is 0.661. The summed E-state index contributed by atoms with van der Waals surface area (Å²) in [4.78, 5) is 14.9. The zero-order chi connectivity index (χ0) is 40.9. The second kappa shape index (κ2) is 14.8. The number of anilines is 6. The molecule has 11 rings (SSSR count). The van der Waals surface area contributed by atoms with Crippen LogP contribution < -0.4 is 9.80 Å². The molecule has 1 aliphatic rings. The second-order valence-electron chi connectivity index (χ2n) is 16.2. The van der Waals surface area contributed by atoms with Crippen molar-refractivity contribution in [3.05, 3.63) is 230 Å². The molecule has 0 N–H and O–H groups in total. The topological polar surface area (TPSA) is 32.3 Å². The summed E-state index contributed by atoms with van der Waals surface area (Å²) in [6, 6.07) is 74.0. The van der Waals surface area contributed by atoms with E-state index >= 15 is 0 Å². The normalized spacial score (nSPS) is 12.6. The molecule has 2 heterocycles. The van der Waals surface area contributed by atoms with Gasteiger partial charge in [-0.3, -0.25) is 9.80 Å². The molecule has 8 aromatic carbocycles. The van der Waals surface area contributed by atoms with Gasteiger partial charge in [0.1, 0.15) is 11.6 Å². The number of fused-ring (bicyclic) bond motifs is 5. The SMILES string of the molecule is CC1(C)c2ccccc2-c2cc3c(N(c4cccc(-c5ccccc5)c4)c4ccccn4)c4ccccc4c(N(c4cccc(-c5ccccc5)c4)c4ccccn4)c3cc21. The van der Waals surface area contributed by atoms with E-state index in [4.69, 9.17) is 9.97 Å². The third-order valence-corrected chi connectivity index (χ3v) is 12.3. The predicted molar refractivity (Wildman–Crippen MR) is 255 cm³/mol. The summed E-state index contributed by atoms with van der Waals surface area (Å²) in [6.07, 6.45) is 3.78. The van der Waals surface area contributed by atoms with Crippen LogP contribution >= 0.6 is 0 Å². The third-order valence-electron chi connectivity index (χ3n) is 12.3. The zero-order valence-corrected chi connectivity index (χ0v) is 34.1. The van der Waals surface area contributed by atoms with E-state index in [1.54, 1.807) is 0 Å². The third kappa shape index (κ3) is 6.15. The maximum absolute atomic E-state index is 5.08. The van der Waals surface area contributed by atoms with Crippen LogP contribution in [0.25, 0.3) is 54.9 Å². The van der Waals surface area contributed by atoms with Crippen molar-refractivity contribution in [3.63, 3.8) is 0 Å². The number of hydrogen-bond acceptors (Lipinski definition) is 4. The van der Waals surface area contributed by atoms with Crippen LogP contribution in [0.4, 0.5) is 34.4 Å². The van der Waals surface area contributed by atoms with Gasteiger partial charge in [0, 0.05) is 50.7 Å². The van der Waals surface area contributed by atoms with E-state index in [9.17, 15) is 0 Å². The molecule has 2 aromatic heterocycles. The van der Waals surface area contributed by atoms with Crippen LogP contribution in [0.5, 0.6) is 0 Å². The Balaban J connectivity index is 1.28. The first-order chi connectivity index (χ1) is 30.0. The molecular formula is C57H42N4. The van der Waals surface area contributed by atoms with Crippen LogP contribution in [0.3, 0.4) is 0 Å². The summed E-state index contributed by atoms with van der Waals surface area (Å²) in [6.45, 7) is 4.72. The van der Waals surface area contributed by atoms with Crippen molar-refractivity contribution in [2.24, 2.45) is 0 Å². The maximum atomic E-state index is 5.08. The van der Waals surface area contributed by atoms with Gasteiger partial charge in [0.05, 0.1) is 11.4 Å². The van der Waals surface area contributed by atoms with E-state index in [2.05, 4.69) is 218 Å². The number of rotatable bonds is 8. The number of nitrogens with zero attached hydrogens (tertiary/aromatic N) is 4. The summed E-state index contributed by atoms with van der Waals surface area (Å²) in [7, 11) is 0. The Morgan fingerprint density at radius 3 is 1.33 bits per heavy atom. The number of benzene rings is 8. The minimum atomic E-state index is -0.225. The molecule has 4 heteroatoms. The summed E-state index contributed by atoms with van der Waals surface area (Å²) in [5.41, 5.74) is 13.8. The highest BCUT2D eigenvalue weighted by molar-refractivity contribution is 6.24. The molecule has 290 valence electrons. The smallest absolute Gasteiger partial charge is 0.137 e. The van der Waals surface area contributed by atoms with Gasteiger partial charge in [0.15, 0.2) is 0 Å². The van der Waals surface area contributed by atoms with Crippen LogP contribution in [-0.2, 0) is 5.41 Å².